The number of alkyl halides is 5. The molecule has 0 aromatic carbocycles. The molecule has 29 heavy (non-hydrogen) atoms. The van der Waals surface area contributed by atoms with Crippen molar-refractivity contribution in [1.82, 2.24) is 10.2 Å². The van der Waals surface area contributed by atoms with E-state index in [9.17, 15) is 36.3 Å². The van der Waals surface area contributed by atoms with E-state index in [4.69, 9.17) is 0 Å². The fraction of sp³-hybridized carbons (Fsp3) is 0.833. The molecule has 3 rings (SSSR count). The fourth-order valence-electron chi connectivity index (χ4n) is 4.19. The van der Waals surface area contributed by atoms with Gasteiger partial charge in [0.05, 0.1) is 6.04 Å². The number of Topliss-reactive ketones (excluding diaryl/α,β-unsaturated/α-hetero) is 1. The van der Waals surface area contributed by atoms with Gasteiger partial charge in [0.25, 0.3) is 0 Å². The Hall–Kier alpha value is -1.78. The highest BCUT2D eigenvalue weighted by molar-refractivity contribution is 5.96. The van der Waals surface area contributed by atoms with Crippen molar-refractivity contribution < 1.29 is 41.1 Å². The van der Waals surface area contributed by atoms with E-state index in [-0.39, 0.29) is 12.0 Å². The molecule has 1 unspecified atom stereocenters. The first kappa shape index (κ1) is 21.9. The second-order valence-electron chi connectivity index (χ2n) is 8.73. The molecular formula is C18H23F5N2O4. The second kappa shape index (κ2) is 6.88. The van der Waals surface area contributed by atoms with Gasteiger partial charge in [-0.3, -0.25) is 19.1 Å². The van der Waals surface area contributed by atoms with Crippen LogP contribution in [0.3, 0.4) is 0 Å². The van der Waals surface area contributed by atoms with Gasteiger partial charge < -0.3 is 10.2 Å². The van der Waals surface area contributed by atoms with Crippen molar-refractivity contribution in [2.24, 2.45) is 11.3 Å². The standard InChI is InChI=1S/C18H23F5N2O4/c1-10(12(26)7-29-18(21,22)23)24-14(28)15(2)8-16(3-4-16)9-25(15)13(27)11-5-17(19,20)6-11/h10-11H,3-9H2,1-2H3,(H,24,28)/t10-,15?/m0/s1. The molecule has 0 aromatic rings. The SMILES string of the molecule is C[C@H](NC(=O)C1(C)CC2(CC2)CN1C(=O)C1CC(F)(F)C1)C(=O)COC(F)(F)F. The summed E-state index contributed by atoms with van der Waals surface area (Å²) in [5.41, 5.74) is -1.58. The number of amides is 2. The van der Waals surface area contributed by atoms with E-state index in [0.29, 0.717) is 6.42 Å². The predicted molar refractivity (Wildman–Crippen MR) is 88.7 cm³/mol. The van der Waals surface area contributed by atoms with E-state index in [2.05, 4.69) is 10.1 Å². The van der Waals surface area contributed by atoms with Crippen molar-refractivity contribution in [1.29, 1.82) is 0 Å². The number of carbonyl (C=O) groups excluding carboxylic acids is 3. The molecule has 0 radical (unpaired) electrons. The minimum Gasteiger partial charge on any atom is -0.344 e. The van der Waals surface area contributed by atoms with E-state index in [1.54, 1.807) is 0 Å². The molecule has 11 heteroatoms. The third-order valence-corrected chi connectivity index (χ3v) is 6.17. The van der Waals surface area contributed by atoms with Gasteiger partial charge in [0, 0.05) is 25.3 Å². The lowest BCUT2D eigenvalue weighted by Crippen LogP contribution is -2.60. The minimum absolute atomic E-state index is 0.235. The van der Waals surface area contributed by atoms with Crippen LogP contribution in [0, 0.1) is 11.3 Å². The molecule has 1 heterocycles. The molecular weight excluding hydrogens is 403 g/mol. The summed E-state index contributed by atoms with van der Waals surface area (Å²) in [4.78, 5) is 38.8. The summed E-state index contributed by atoms with van der Waals surface area (Å²) in [5.74, 6) is -5.92. The highest BCUT2D eigenvalue weighted by Crippen LogP contribution is 2.59. The molecule has 1 saturated heterocycles. The number of carbonyl (C=O) groups is 3. The summed E-state index contributed by atoms with van der Waals surface area (Å²) in [7, 11) is 0. The number of ether oxygens (including phenoxy) is 1. The highest BCUT2D eigenvalue weighted by Gasteiger charge is 2.63. The number of hydrogen-bond acceptors (Lipinski definition) is 4. The Bertz CT molecular complexity index is 714. The number of ketones is 1. The van der Waals surface area contributed by atoms with E-state index in [0.717, 1.165) is 12.8 Å². The molecule has 2 saturated carbocycles. The van der Waals surface area contributed by atoms with Gasteiger partial charge in [-0.15, -0.1) is 13.2 Å². The molecule has 2 atom stereocenters. The monoisotopic (exact) mass is 426 g/mol. The Labute approximate surface area is 164 Å². The third-order valence-electron chi connectivity index (χ3n) is 6.17. The number of hydrogen-bond donors (Lipinski definition) is 1. The average molecular weight is 426 g/mol. The molecule has 164 valence electrons. The van der Waals surface area contributed by atoms with Gasteiger partial charge in [-0.05, 0) is 38.5 Å². The summed E-state index contributed by atoms with van der Waals surface area (Å²) in [6.07, 6.45) is -4.17. The number of likely N-dealkylation sites (tertiary alicyclic amines) is 1. The quantitative estimate of drug-likeness (QED) is 0.662. The molecule has 1 N–H and O–H groups in total. The topological polar surface area (TPSA) is 75.7 Å². The number of nitrogens with zero attached hydrogens (tertiary/aromatic N) is 1. The Morgan fingerprint density at radius 1 is 1.21 bits per heavy atom. The van der Waals surface area contributed by atoms with Crippen molar-refractivity contribution >= 4 is 17.6 Å². The van der Waals surface area contributed by atoms with Gasteiger partial charge in [0.2, 0.25) is 17.7 Å². The van der Waals surface area contributed by atoms with Crippen molar-refractivity contribution in [3.05, 3.63) is 0 Å². The maximum atomic E-state index is 13.2. The Balaban J connectivity index is 1.66. The number of halogens is 5. The predicted octanol–water partition coefficient (Wildman–Crippen LogP) is 2.41. The van der Waals surface area contributed by atoms with Gasteiger partial charge in [-0.2, -0.15) is 0 Å². The summed E-state index contributed by atoms with van der Waals surface area (Å²) in [5, 5.41) is 2.36. The van der Waals surface area contributed by atoms with Crippen LogP contribution in [0.4, 0.5) is 22.0 Å². The normalized spacial score (nSPS) is 28.7. The van der Waals surface area contributed by atoms with Crippen molar-refractivity contribution in [3.63, 3.8) is 0 Å². The molecule has 0 bridgehead atoms. The molecule has 3 fully saturated rings. The first-order chi connectivity index (χ1) is 13.2. The van der Waals surface area contributed by atoms with Crippen LogP contribution in [0.1, 0.15) is 46.0 Å². The lowest BCUT2D eigenvalue weighted by Gasteiger charge is -2.41. The van der Waals surface area contributed by atoms with Crippen molar-refractivity contribution in [2.75, 3.05) is 13.2 Å². The van der Waals surface area contributed by atoms with Gasteiger partial charge in [0.15, 0.2) is 5.78 Å². The van der Waals surface area contributed by atoms with Crippen LogP contribution >= 0.6 is 0 Å². The van der Waals surface area contributed by atoms with E-state index >= 15 is 0 Å². The van der Waals surface area contributed by atoms with Crippen LogP contribution in [0.2, 0.25) is 0 Å². The summed E-state index contributed by atoms with van der Waals surface area (Å²) in [6.45, 7) is 1.76. The summed E-state index contributed by atoms with van der Waals surface area (Å²) >= 11 is 0. The maximum Gasteiger partial charge on any atom is 0.522 e. The Morgan fingerprint density at radius 3 is 2.28 bits per heavy atom. The van der Waals surface area contributed by atoms with Gasteiger partial charge >= 0.3 is 6.36 Å². The molecule has 6 nitrogen and oxygen atoms in total. The van der Waals surface area contributed by atoms with Gasteiger partial charge in [-0.1, -0.05) is 0 Å². The number of rotatable bonds is 6. The first-order valence-electron chi connectivity index (χ1n) is 9.40. The number of nitrogens with one attached hydrogen (secondary N) is 1. The average Bonchev–Trinajstić information content (AvgIpc) is 3.24. The van der Waals surface area contributed by atoms with Crippen LogP contribution in [0.25, 0.3) is 0 Å². The molecule has 0 aromatic heterocycles. The molecule has 3 aliphatic rings. The molecule has 1 aliphatic heterocycles. The van der Waals surface area contributed by atoms with Crippen LogP contribution < -0.4 is 5.32 Å². The van der Waals surface area contributed by atoms with Crippen LogP contribution in [0.5, 0.6) is 0 Å². The summed E-state index contributed by atoms with van der Waals surface area (Å²) < 4.78 is 66.1. The zero-order chi connectivity index (χ0) is 21.8. The second-order valence-corrected chi connectivity index (χ2v) is 8.73. The largest absolute Gasteiger partial charge is 0.522 e. The maximum absolute atomic E-state index is 13.2. The molecule has 1 spiro atoms. The van der Waals surface area contributed by atoms with E-state index in [1.165, 1.54) is 18.7 Å². The van der Waals surface area contributed by atoms with Crippen molar-refractivity contribution in [3.8, 4) is 0 Å². The van der Waals surface area contributed by atoms with Crippen LogP contribution in [0.15, 0.2) is 0 Å². The van der Waals surface area contributed by atoms with Gasteiger partial charge in [-0.25, -0.2) is 8.78 Å². The Morgan fingerprint density at radius 2 is 1.79 bits per heavy atom. The molecule has 2 amide bonds. The Kier molecular flexibility index (Phi) is 5.20. The third kappa shape index (κ3) is 4.54. The lowest BCUT2D eigenvalue weighted by atomic mass is 9.79. The van der Waals surface area contributed by atoms with Crippen LogP contribution in [-0.2, 0) is 19.1 Å². The summed E-state index contributed by atoms with van der Waals surface area (Å²) in [6, 6.07) is -1.26. The smallest absolute Gasteiger partial charge is 0.344 e. The highest BCUT2D eigenvalue weighted by atomic mass is 19.4. The van der Waals surface area contributed by atoms with Gasteiger partial charge in [0.1, 0.15) is 12.1 Å². The fourth-order valence-corrected chi connectivity index (χ4v) is 4.19. The van der Waals surface area contributed by atoms with Crippen molar-refractivity contribution in [2.45, 2.75) is 69.8 Å². The lowest BCUT2D eigenvalue weighted by molar-refractivity contribution is -0.320. The molecule has 2 aliphatic carbocycles. The zero-order valence-electron chi connectivity index (χ0n) is 16.1. The minimum atomic E-state index is -4.97. The van der Waals surface area contributed by atoms with Crippen LogP contribution in [-0.4, -0.2) is 59.5 Å². The van der Waals surface area contributed by atoms with E-state index < -0.39 is 66.8 Å². The zero-order valence-corrected chi connectivity index (χ0v) is 16.1. The first-order valence-corrected chi connectivity index (χ1v) is 9.40. The van der Waals surface area contributed by atoms with E-state index in [1.807, 2.05) is 0 Å².